The van der Waals surface area contributed by atoms with Crippen LogP contribution in [0.15, 0.2) is 30.3 Å². The van der Waals surface area contributed by atoms with Crippen LogP contribution in [-0.2, 0) is 19.4 Å². The summed E-state index contributed by atoms with van der Waals surface area (Å²) >= 11 is 0. The highest BCUT2D eigenvalue weighted by Gasteiger charge is 2.22. The third kappa shape index (κ3) is 3.14. The average Bonchev–Trinajstić information content (AvgIpc) is 2.62. The summed E-state index contributed by atoms with van der Waals surface area (Å²) in [5.74, 6) is 0.987. The second-order valence-corrected chi connectivity index (χ2v) is 6.36. The molecular weight excluding hydrogens is 298 g/mol. The molecule has 0 bridgehead atoms. The maximum absolute atomic E-state index is 12.2. The van der Waals surface area contributed by atoms with E-state index in [9.17, 15) is 4.79 Å². The quantitative estimate of drug-likeness (QED) is 0.939. The Hall–Kier alpha value is -2.36. The van der Waals surface area contributed by atoms with Crippen molar-refractivity contribution in [3.05, 3.63) is 58.3 Å². The zero-order valence-electron chi connectivity index (χ0n) is 14.7. The van der Waals surface area contributed by atoms with Gasteiger partial charge in [0.25, 0.3) is 5.91 Å². The van der Waals surface area contributed by atoms with Gasteiger partial charge >= 0.3 is 0 Å². The van der Waals surface area contributed by atoms with Crippen molar-refractivity contribution in [3.8, 4) is 0 Å². The highest BCUT2D eigenvalue weighted by Crippen LogP contribution is 2.26. The van der Waals surface area contributed by atoms with Crippen LogP contribution in [0, 0.1) is 6.92 Å². The van der Waals surface area contributed by atoms with Crippen molar-refractivity contribution >= 4 is 11.7 Å². The fourth-order valence-electron chi connectivity index (χ4n) is 3.41. The van der Waals surface area contributed by atoms with Gasteiger partial charge in [-0.25, -0.2) is 4.98 Å². The number of anilines is 1. The van der Waals surface area contributed by atoms with Gasteiger partial charge < -0.3 is 10.2 Å². The zero-order valence-corrected chi connectivity index (χ0v) is 14.7. The number of pyridine rings is 1. The Morgan fingerprint density at radius 3 is 2.83 bits per heavy atom. The van der Waals surface area contributed by atoms with Crippen LogP contribution >= 0.6 is 0 Å². The Morgan fingerprint density at radius 1 is 1.29 bits per heavy atom. The predicted molar refractivity (Wildman–Crippen MR) is 97.6 cm³/mol. The number of nitrogens with one attached hydrogen (secondary N) is 1. The van der Waals surface area contributed by atoms with Gasteiger partial charge in [0, 0.05) is 31.4 Å². The first-order valence-corrected chi connectivity index (χ1v) is 8.68. The molecule has 1 amide bonds. The third-order valence-electron chi connectivity index (χ3n) is 4.77. The number of benzene rings is 1. The third-order valence-corrected chi connectivity index (χ3v) is 4.77. The SMILES string of the molecule is CCCc1ccc(N2CCc3cccc(C(=O)NC)c3C2)nc1C. The molecule has 1 N–H and O–H groups in total. The van der Waals surface area contributed by atoms with Crippen LogP contribution < -0.4 is 10.2 Å². The summed E-state index contributed by atoms with van der Waals surface area (Å²) in [6.07, 6.45) is 3.15. The van der Waals surface area contributed by atoms with Gasteiger partial charge in [-0.1, -0.05) is 31.5 Å². The van der Waals surface area contributed by atoms with Crippen molar-refractivity contribution in [1.29, 1.82) is 0 Å². The van der Waals surface area contributed by atoms with E-state index >= 15 is 0 Å². The number of aryl methyl sites for hydroxylation is 2. The summed E-state index contributed by atoms with van der Waals surface area (Å²) < 4.78 is 0. The molecule has 2 heterocycles. The molecule has 2 aromatic rings. The standard InChI is InChI=1S/C20H25N3O/c1-4-6-15-9-10-19(22-14(15)2)23-12-11-16-7-5-8-17(18(16)13-23)20(24)21-3/h5,7-10H,4,6,11-13H2,1-3H3,(H,21,24). The molecule has 0 aliphatic carbocycles. The molecule has 0 unspecified atom stereocenters. The summed E-state index contributed by atoms with van der Waals surface area (Å²) in [5, 5.41) is 2.74. The minimum atomic E-state index is -0.0175. The van der Waals surface area contributed by atoms with Crippen LogP contribution in [0.4, 0.5) is 5.82 Å². The predicted octanol–water partition coefficient (Wildman–Crippen LogP) is 3.26. The molecule has 1 aromatic heterocycles. The monoisotopic (exact) mass is 323 g/mol. The number of nitrogens with zero attached hydrogens (tertiary/aromatic N) is 2. The number of hydrogen-bond donors (Lipinski definition) is 1. The average molecular weight is 323 g/mol. The van der Waals surface area contributed by atoms with E-state index in [2.05, 4.69) is 42.3 Å². The van der Waals surface area contributed by atoms with Crippen LogP contribution in [0.2, 0.25) is 0 Å². The molecule has 1 aliphatic heterocycles. The molecule has 3 rings (SSSR count). The lowest BCUT2D eigenvalue weighted by atomic mass is 9.94. The van der Waals surface area contributed by atoms with Crippen molar-refractivity contribution in [3.63, 3.8) is 0 Å². The summed E-state index contributed by atoms with van der Waals surface area (Å²) in [7, 11) is 1.68. The molecule has 126 valence electrons. The van der Waals surface area contributed by atoms with Crippen LogP contribution in [0.1, 0.15) is 46.1 Å². The Balaban J connectivity index is 1.89. The maximum Gasteiger partial charge on any atom is 0.251 e. The second kappa shape index (κ2) is 7.04. The number of carbonyl (C=O) groups is 1. The van der Waals surface area contributed by atoms with E-state index in [-0.39, 0.29) is 5.91 Å². The van der Waals surface area contributed by atoms with Gasteiger partial charge in [-0.05, 0) is 48.6 Å². The fourth-order valence-corrected chi connectivity index (χ4v) is 3.41. The van der Waals surface area contributed by atoms with Crippen molar-refractivity contribution in [1.82, 2.24) is 10.3 Å². The van der Waals surface area contributed by atoms with Gasteiger partial charge in [0.05, 0.1) is 0 Å². The molecule has 4 heteroatoms. The first kappa shape index (κ1) is 16.5. The Bertz CT molecular complexity index is 755. The molecule has 1 aromatic carbocycles. The van der Waals surface area contributed by atoms with Gasteiger partial charge in [0.15, 0.2) is 0 Å². The molecule has 4 nitrogen and oxygen atoms in total. The molecule has 1 aliphatic rings. The Labute approximate surface area is 143 Å². The van der Waals surface area contributed by atoms with Crippen LogP contribution in [0.3, 0.4) is 0 Å². The Kier molecular flexibility index (Phi) is 4.84. The molecule has 0 saturated carbocycles. The topological polar surface area (TPSA) is 45.2 Å². The van der Waals surface area contributed by atoms with Crippen molar-refractivity contribution in [2.75, 3.05) is 18.5 Å². The van der Waals surface area contributed by atoms with Crippen LogP contribution in [0.5, 0.6) is 0 Å². The molecule has 0 fully saturated rings. The minimum absolute atomic E-state index is 0.0175. The van der Waals surface area contributed by atoms with Crippen LogP contribution in [-0.4, -0.2) is 24.5 Å². The van der Waals surface area contributed by atoms with E-state index in [0.717, 1.165) is 55.0 Å². The van der Waals surface area contributed by atoms with Gasteiger partial charge in [-0.3, -0.25) is 4.79 Å². The summed E-state index contributed by atoms with van der Waals surface area (Å²) in [6.45, 7) is 5.94. The van der Waals surface area contributed by atoms with E-state index < -0.39 is 0 Å². The first-order valence-electron chi connectivity index (χ1n) is 8.68. The fraction of sp³-hybridized carbons (Fsp3) is 0.400. The number of hydrogen-bond acceptors (Lipinski definition) is 3. The van der Waals surface area contributed by atoms with Gasteiger partial charge in [0.2, 0.25) is 0 Å². The van der Waals surface area contributed by atoms with Gasteiger partial charge in [-0.15, -0.1) is 0 Å². The number of rotatable bonds is 4. The molecule has 0 spiro atoms. The molecule has 24 heavy (non-hydrogen) atoms. The summed E-state index contributed by atoms with van der Waals surface area (Å²) in [4.78, 5) is 19.2. The summed E-state index contributed by atoms with van der Waals surface area (Å²) in [6, 6.07) is 10.3. The van der Waals surface area contributed by atoms with Crippen molar-refractivity contribution in [2.24, 2.45) is 0 Å². The van der Waals surface area contributed by atoms with E-state index in [0.29, 0.717) is 0 Å². The molecule has 0 radical (unpaired) electrons. The smallest absolute Gasteiger partial charge is 0.251 e. The number of fused-ring (bicyclic) bond motifs is 1. The van der Waals surface area contributed by atoms with Crippen molar-refractivity contribution in [2.45, 2.75) is 39.7 Å². The highest BCUT2D eigenvalue weighted by atomic mass is 16.1. The number of aromatic nitrogens is 1. The number of carbonyl (C=O) groups excluding carboxylic acids is 1. The lowest BCUT2D eigenvalue weighted by Gasteiger charge is -2.31. The molecule has 0 atom stereocenters. The van der Waals surface area contributed by atoms with E-state index in [1.807, 2.05) is 12.1 Å². The largest absolute Gasteiger partial charge is 0.355 e. The second-order valence-electron chi connectivity index (χ2n) is 6.36. The lowest BCUT2D eigenvalue weighted by Crippen LogP contribution is -2.33. The maximum atomic E-state index is 12.2. The van der Waals surface area contributed by atoms with Crippen LogP contribution in [0.25, 0.3) is 0 Å². The molecule has 0 saturated heterocycles. The minimum Gasteiger partial charge on any atom is -0.355 e. The zero-order chi connectivity index (χ0) is 17.1. The van der Waals surface area contributed by atoms with E-state index in [1.165, 1.54) is 11.1 Å². The Morgan fingerprint density at radius 2 is 2.12 bits per heavy atom. The highest BCUT2D eigenvalue weighted by molar-refractivity contribution is 5.96. The molecular formula is C20H25N3O. The van der Waals surface area contributed by atoms with Crippen molar-refractivity contribution < 1.29 is 4.79 Å². The van der Waals surface area contributed by atoms with E-state index in [4.69, 9.17) is 4.98 Å². The van der Waals surface area contributed by atoms with E-state index in [1.54, 1.807) is 7.05 Å². The normalized spacial score (nSPS) is 13.5. The summed E-state index contributed by atoms with van der Waals surface area (Å²) in [5.41, 5.74) is 5.61. The van der Waals surface area contributed by atoms with Gasteiger partial charge in [-0.2, -0.15) is 0 Å². The number of amides is 1. The first-order chi connectivity index (χ1) is 11.6. The lowest BCUT2D eigenvalue weighted by molar-refractivity contribution is 0.0962. The van der Waals surface area contributed by atoms with Gasteiger partial charge in [0.1, 0.15) is 5.82 Å².